The fraction of sp³-hybridized carbons (Fsp3) is 0.217. The maximum absolute atomic E-state index is 12.8. The second kappa shape index (κ2) is 9.80. The molecule has 2 aromatic carbocycles. The number of alkyl halides is 3. The van der Waals surface area contributed by atoms with Crippen molar-refractivity contribution >= 4 is 11.9 Å². The number of hydrogen-bond donors (Lipinski definition) is 2. The maximum Gasteiger partial charge on any atom is 0.416 e. The number of pyridine rings is 1. The van der Waals surface area contributed by atoms with Crippen molar-refractivity contribution in [2.75, 3.05) is 26.1 Å². The van der Waals surface area contributed by atoms with Gasteiger partial charge in [0.2, 0.25) is 0 Å². The SMILES string of the molecule is COC(CNc1ccc(-n2ccc(-c3ccc(C(F)(F)F)cc3)cc2=O)cc1C=N)OC. The molecule has 0 aliphatic rings. The van der Waals surface area contributed by atoms with Gasteiger partial charge >= 0.3 is 6.18 Å². The van der Waals surface area contributed by atoms with E-state index in [1.54, 1.807) is 30.5 Å². The molecule has 0 radical (unpaired) electrons. The zero-order chi connectivity index (χ0) is 23.3. The van der Waals surface area contributed by atoms with E-state index in [1.807, 2.05) is 0 Å². The molecule has 168 valence electrons. The standard InChI is InChI=1S/C23H22F3N3O3/c1-31-22(32-2)14-28-20-8-7-19(11-17(20)13-27)29-10-9-16(12-21(29)30)15-3-5-18(6-4-15)23(24,25)26/h3-13,22,27-28H,14H2,1-2H3. The molecule has 3 rings (SSSR count). The van der Waals surface area contributed by atoms with E-state index in [9.17, 15) is 18.0 Å². The van der Waals surface area contributed by atoms with Crippen molar-refractivity contribution in [3.8, 4) is 16.8 Å². The summed E-state index contributed by atoms with van der Waals surface area (Å²) in [5.74, 6) is 0. The Bertz CT molecular complexity index is 1140. The summed E-state index contributed by atoms with van der Waals surface area (Å²) in [5, 5.41) is 10.8. The molecule has 2 N–H and O–H groups in total. The molecular weight excluding hydrogens is 423 g/mol. The maximum atomic E-state index is 12.8. The summed E-state index contributed by atoms with van der Waals surface area (Å²) in [6.45, 7) is 0.370. The zero-order valence-corrected chi connectivity index (χ0v) is 17.4. The highest BCUT2D eigenvalue weighted by atomic mass is 19.4. The van der Waals surface area contributed by atoms with E-state index >= 15 is 0 Å². The highest BCUT2D eigenvalue weighted by molar-refractivity contribution is 5.86. The summed E-state index contributed by atoms with van der Waals surface area (Å²) in [4.78, 5) is 12.7. The molecule has 1 aromatic heterocycles. The van der Waals surface area contributed by atoms with E-state index in [0.29, 0.717) is 34.6 Å². The molecule has 3 aromatic rings. The minimum Gasteiger partial charge on any atom is -0.379 e. The third kappa shape index (κ3) is 5.24. The van der Waals surface area contributed by atoms with Crippen molar-refractivity contribution in [3.63, 3.8) is 0 Å². The van der Waals surface area contributed by atoms with Crippen LogP contribution in [0.3, 0.4) is 0 Å². The van der Waals surface area contributed by atoms with Gasteiger partial charge in [-0.25, -0.2) is 0 Å². The van der Waals surface area contributed by atoms with Crippen LogP contribution < -0.4 is 10.9 Å². The predicted octanol–water partition coefficient (Wildman–Crippen LogP) is 4.55. The number of benzene rings is 2. The Morgan fingerprint density at radius 3 is 2.28 bits per heavy atom. The molecule has 0 bridgehead atoms. The number of aromatic nitrogens is 1. The number of methoxy groups -OCH3 is 2. The molecule has 6 nitrogen and oxygen atoms in total. The first kappa shape index (κ1) is 23.2. The van der Waals surface area contributed by atoms with Gasteiger partial charge in [0.1, 0.15) is 0 Å². The Morgan fingerprint density at radius 2 is 1.72 bits per heavy atom. The molecule has 0 unspecified atom stereocenters. The molecule has 0 aliphatic heterocycles. The van der Waals surface area contributed by atoms with Gasteiger partial charge in [0.15, 0.2) is 6.29 Å². The number of rotatable bonds is 8. The Kier molecular flexibility index (Phi) is 7.12. The summed E-state index contributed by atoms with van der Waals surface area (Å²) in [5.41, 5.74) is 1.71. The number of nitrogens with one attached hydrogen (secondary N) is 2. The van der Waals surface area contributed by atoms with Gasteiger partial charge in [0, 0.05) is 49.6 Å². The van der Waals surface area contributed by atoms with Gasteiger partial charge in [-0.15, -0.1) is 0 Å². The second-order valence-corrected chi connectivity index (χ2v) is 6.90. The Hall–Kier alpha value is -3.43. The van der Waals surface area contributed by atoms with E-state index < -0.39 is 18.0 Å². The molecule has 32 heavy (non-hydrogen) atoms. The predicted molar refractivity (Wildman–Crippen MR) is 117 cm³/mol. The lowest BCUT2D eigenvalue weighted by atomic mass is 10.0. The molecule has 0 saturated heterocycles. The molecule has 1 heterocycles. The van der Waals surface area contributed by atoms with Gasteiger partial charge in [0.05, 0.1) is 12.1 Å². The summed E-state index contributed by atoms with van der Waals surface area (Å²) in [6.07, 6.45) is -2.14. The lowest BCUT2D eigenvalue weighted by Crippen LogP contribution is -2.24. The quantitative estimate of drug-likeness (QED) is 0.394. The number of halogens is 3. The fourth-order valence-electron chi connectivity index (χ4n) is 3.16. The van der Waals surface area contributed by atoms with Gasteiger partial charge in [0.25, 0.3) is 5.56 Å². The minimum atomic E-state index is -4.41. The van der Waals surface area contributed by atoms with Crippen LogP contribution in [0.4, 0.5) is 18.9 Å². The first-order valence-corrected chi connectivity index (χ1v) is 9.61. The molecule has 9 heteroatoms. The molecule has 0 saturated carbocycles. The van der Waals surface area contributed by atoms with E-state index in [-0.39, 0.29) is 5.56 Å². The average Bonchev–Trinajstić information content (AvgIpc) is 2.79. The normalized spacial score (nSPS) is 11.6. The van der Waals surface area contributed by atoms with Gasteiger partial charge in [-0.05, 0) is 47.5 Å². The molecule has 0 fully saturated rings. The van der Waals surface area contributed by atoms with Crippen molar-refractivity contribution < 1.29 is 22.6 Å². The van der Waals surface area contributed by atoms with E-state index in [1.165, 1.54) is 43.2 Å². The highest BCUT2D eigenvalue weighted by Crippen LogP contribution is 2.30. The van der Waals surface area contributed by atoms with Crippen LogP contribution in [-0.2, 0) is 15.7 Å². The van der Waals surface area contributed by atoms with Crippen LogP contribution in [0.5, 0.6) is 0 Å². The van der Waals surface area contributed by atoms with E-state index in [2.05, 4.69) is 5.32 Å². The molecule has 0 aliphatic carbocycles. The van der Waals surface area contributed by atoms with E-state index in [4.69, 9.17) is 14.9 Å². The van der Waals surface area contributed by atoms with Crippen LogP contribution in [0, 0.1) is 5.41 Å². The first-order valence-electron chi connectivity index (χ1n) is 9.61. The highest BCUT2D eigenvalue weighted by Gasteiger charge is 2.29. The average molecular weight is 445 g/mol. The summed E-state index contributed by atoms with van der Waals surface area (Å²) in [6, 6.07) is 12.8. The monoisotopic (exact) mass is 445 g/mol. The van der Waals surface area contributed by atoms with Crippen molar-refractivity contribution in [1.29, 1.82) is 5.41 Å². The Labute approximate surface area is 182 Å². The lowest BCUT2D eigenvalue weighted by Gasteiger charge is -2.17. The van der Waals surface area contributed by atoms with Gasteiger partial charge < -0.3 is 20.2 Å². The third-order valence-corrected chi connectivity index (χ3v) is 4.92. The van der Waals surface area contributed by atoms with Crippen LogP contribution in [0.15, 0.2) is 65.6 Å². The number of anilines is 1. The van der Waals surface area contributed by atoms with E-state index in [0.717, 1.165) is 12.1 Å². The fourth-order valence-corrected chi connectivity index (χ4v) is 3.16. The summed E-state index contributed by atoms with van der Waals surface area (Å²) < 4.78 is 49.9. The first-order chi connectivity index (χ1) is 15.3. The van der Waals surface area contributed by atoms with Gasteiger partial charge in [-0.3, -0.25) is 9.36 Å². The number of hydrogen-bond acceptors (Lipinski definition) is 5. The summed E-state index contributed by atoms with van der Waals surface area (Å²) in [7, 11) is 3.05. The number of nitrogens with zero attached hydrogens (tertiary/aromatic N) is 1. The molecule has 0 atom stereocenters. The molecular formula is C23H22F3N3O3. The van der Waals surface area contributed by atoms with Gasteiger partial charge in [-0.1, -0.05) is 12.1 Å². The van der Waals surface area contributed by atoms with Gasteiger partial charge in [-0.2, -0.15) is 13.2 Å². The van der Waals surface area contributed by atoms with Crippen LogP contribution in [-0.4, -0.2) is 37.8 Å². The van der Waals surface area contributed by atoms with Crippen molar-refractivity contribution in [2.45, 2.75) is 12.5 Å². The van der Waals surface area contributed by atoms with Crippen molar-refractivity contribution in [2.24, 2.45) is 0 Å². The van der Waals surface area contributed by atoms with Crippen LogP contribution in [0.25, 0.3) is 16.8 Å². The topological polar surface area (TPSA) is 76.3 Å². The van der Waals surface area contributed by atoms with Crippen molar-refractivity contribution in [3.05, 3.63) is 82.3 Å². The Balaban J connectivity index is 1.86. The van der Waals surface area contributed by atoms with Crippen LogP contribution in [0.1, 0.15) is 11.1 Å². The second-order valence-electron chi connectivity index (χ2n) is 6.90. The molecule has 0 amide bonds. The van der Waals surface area contributed by atoms with Crippen molar-refractivity contribution in [1.82, 2.24) is 4.57 Å². The lowest BCUT2D eigenvalue weighted by molar-refractivity contribution is -0.137. The third-order valence-electron chi connectivity index (χ3n) is 4.92. The summed E-state index contributed by atoms with van der Waals surface area (Å²) >= 11 is 0. The zero-order valence-electron chi connectivity index (χ0n) is 17.4. The largest absolute Gasteiger partial charge is 0.416 e. The van der Waals surface area contributed by atoms with Crippen LogP contribution >= 0.6 is 0 Å². The molecule has 0 spiro atoms. The number of ether oxygens (including phenoxy) is 2. The minimum absolute atomic E-state index is 0.349. The Morgan fingerprint density at radius 1 is 1.03 bits per heavy atom. The smallest absolute Gasteiger partial charge is 0.379 e. The van der Waals surface area contributed by atoms with Crippen LogP contribution in [0.2, 0.25) is 0 Å².